The summed E-state index contributed by atoms with van der Waals surface area (Å²) in [6.45, 7) is 0.217. The normalized spacial score (nSPS) is 9.65. The number of carbonyl (C=O) groups excluding carboxylic acids is 1. The minimum absolute atomic E-state index is 0.0152. The fourth-order valence-electron chi connectivity index (χ4n) is 1.25. The van der Waals surface area contributed by atoms with Crippen molar-refractivity contribution in [3.05, 3.63) is 28.3 Å². The molecule has 0 atom stereocenters. The molecule has 0 bridgehead atoms. The Morgan fingerprint density at radius 2 is 2.24 bits per heavy atom. The molecule has 0 aromatic heterocycles. The zero-order valence-electron chi connectivity index (χ0n) is 8.88. The molecule has 5 N–H and O–H groups in total. The van der Waals surface area contributed by atoms with Gasteiger partial charge in [-0.05, 0) is 12.1 Å². The van der Waals surface area contributed by atoms with Crippen molar-refractivity contribution in [2.24, 2.45) is 5.73 Å². The van der Waals surface area contributed by atoms with Crippen LogP contribution in [0.3, 0.4) is 0 Å². The van der Waals surface area contributed by atoms with Crippen LogP contribution in [-0.2, 0) is 4.74 Å². The zero-order chi connectivity index (χ0) is 12.8. The highest BCUT2D eigenvalue weighted by Gasteiger charge is 2.16. The van der Waals surface area contributed by atoms with E-state index in [9.17, 15) is 14.9 Å². The number of carbonyl (C=O) groups is 1. The molecule has 0 aliphatic heterocycles. The van der Waals surface area contributed by atoms with Crippen LogP contribution >= 0.6 is 0 Å². The molecule has 1 amide bonds. The lowest BCUT2D eigenvalue weighted by atomic mass is 10.2. The highest BCUT2D eigenvalue weighted by molar-refractivity contribution is 5.74. The van der Waals surface area contributed by atoms with Crippen LogP contribution < -0.4 is 16.8 Å². The number of anilines is 2. The molecule has 0 fully saturated rings. The van der Waals surface area contributed by atoms with Crippen molar-refractivity contribution < 1.29 is 14.5 Å². The number of para-hydroxylation sites is 1. The van der Waals surface area contributed by atoms with Crippen molar-refractivity contribution >= 4 is 23.2 Å². The Morgan fingerprint density at radius 3 is 2.82 bits per heavy atom. The van der Waals surface area contributed by atoms with Crippen molar-refractivity contribution in [2.75, 3.05) is 24.2 Å². The fraction of sp³-hybridized carbons (Fsp3) is 0.222. The van der Waals surface area contributed by atoms with E-state index >= 15 is 0 Å². The number of hydrogen-bond acceptors (Lipinski definition) is 6. The van der Waals surface area contributed by atoms with Crippen LogP contribution in [0, 0.1) is 10.1 Å². The van der Waals surface area contributed by atoms with Crippen LogP contribution in [0.15, 0.2) is 18.2 Å². The molecule has 17 heavy (non-hydrogen) atoms. The van der Waals surface area contributed by atoms with Crippen LogP contribution in [0.2, 0.25) is 0 Å². The fourth-order valence-corrected chi connectivity index (χ4v) is 1.25. The molecule has 92 valence electrons. The van der Waals surface area contributed by atoms with E-state index in [-0.39, 0.29) is 30.2 Å². The molecule has 0 aliphatic rings. The maximum atomic E-state index is 10.8. The van der Waals surface area contributed by atoms with Crippen molar-refractivity contribution in [1.82, 2.24) is 0 Å². The summed E-state index contributed by atoms with van der Waals surface area (Å²) in [6, 6.07) is 4.53. The molecule has 8 heteroatoms. The number of hydrogen-bond donors (Lipinski definition) is 3. The van der Waals surface area contributed by atoms with E-state index in [1.807, 2.05) is 0 Å². The molecule has 8 nitrogen and oxygen atoms in total. The van der Waals surface area contributed by atoms with E-state index in [1.54, 1.807) is 6.07 Å². The Hall–Kier alpha value is -2.51. The first-order valence-corrected chi connectivity index (χ1v) is 4.71. The summed E-state index contributed by atoms with van der Waals surface area (Å²) >= 11 is 0. The topological polar surface area (TPSA) is 134 Å². The molecule has 1 rings (SSSR count). The van der Waals surface area contributed by atoms with Crippen LogP contribution in [0.4, 0.5) is 21.9 Å². The second-order valence-corrected chi connectivity index (χ2v) is 3.09. The third-order valence-corrected chi connectivity index (χ3v) is 1.91. The molecule has 1 aromatic carbocycles. The van der Waals surface area contributed by atoms with Crippen molar-refractivity contribution in [1.29, 1.82) is 0 Å². The van der Waals surface area contributed by atoms with Gasteiger partial charge in [0.15, 0.2) is 0 Å². The van der Waals surface area contributed by atoms with E-state index in [2.05, 4.69) is 10.1 Å². The van der Waals surface area contributed by atoms with E-state index in [1.165, 1.54) is 12.1 Å². The average molecular weight is 240 g/mol. The molecule has 0 spiro atoms. The first-order valence-electron chi connectivity index (χ1n) is 4.71. The lowest BCUT2D eigenvalue weighted by Gasteiger charge is -2.08. The van der Waals surface area contributed by atoms with Gasteiger partial charge >= 0.3 is 11.8 Å². The second-order valence-electron chi connectivity index (χ2n) is 3.09. The predicted molar refractivity (Wildman–Crippen MR) is 61.5 cm³/mol. The number of ether oxygens (including phenoxy) is 1. The van der Waals surface area contributed by atoms with Gasteiger partial charge in [-0.25, -0.2) is 4.79 Å². The highest BCUT2D eigenvalue weighted by atomic mass is 16.6. The van der Waals surface area contributed by atoms with Gasteiger partial charge in [0.05, 0.1) is 4.92 Å². The van der Waals surface area contributed by atoms with E-state index in [4.69, 9.17) is 11.5 Å². The van der Waals surface area contributed by atoms with Crippen LogP contribution in [0.25, 0.3) is 0 Å². The summed E-state index contributed by atoms with van der Waals surface area (Å²) in [6.07, 6.45) is -0.895. The summed E-state index contributed by atoms with van der Waals surface area (Å²) in [4.78, 5) is 20.5. The largest absolute Gasteiger partial charge is 0.448 e. The monoisotopic (exact) mass is 240 g/mol. The van der Waals surface area contributed by atoms with Crippen LogP contribution in [-0.4, -0.2) is 24.2 Å². The third-order valence-electron chi connectivity index (χ3n) is 1.91. The summed E-state index contributed by atoms with van der Waals surface area (Å²) in [5.74, 6) is 0. The summed E-state index contributed by atoms with van der Waals surface area (Å²) in [7, 11) is 0. The molecule has 0 saturated heterocycles. The van der Waals surface area contributed by atoms with Gasteiger partial charge in [-0.2, -0.15) is 0 Å². The summed E-state index contributed by atoms with van der Waals surface area (Å²) < 4.78 is 4.47. The number of primary amides is 1. The minimum Gasteiger partial charge on any atom is -0.448 e. The van der Waals surface area contributed by atoms with E-state index < -0.39 is 11.0 Å². The number of nitrogen functional groups attached to an aromatic ring is 1. The Bertz CT molecular complexity index is 435. The SMILES string of the molecule is NC(=O)OCCNc1cccc(N)c1[N+](=O)[O-]. The van der Waals surface area contributed by atoms with Gasteiger partial charge in [-0.1, -0.05) is 6.07 Å². The summed E-state index contributed by atoms with van der Waals surface area (Å²) in [5.41, 5.74) is 10.4. The highest BCUT2D eigenvalue weighted by Crippen LogP contribution is 2.30. The molecule has 0 aliphatic carbocycles. The van der Waals surface area contributed by atoms with Gasteiger partial charge in [0, 0.05) is 6.54 Å². The van der Waals surface area contributed by atoms with Crippen LogP contribution in [0.5, 0.6) is 0 Å². The number of nitrogens with one attached hydrogen (secondary N) is 1. The first-order chi connectivity index (χ1) is 8.02. The quantitative estimate of drug-likeness (QED) is 0.300. The van der Waals surface area contributed by atoms with Crippen LogP contribution in [0.1, 0.15) is 0 Å². The van der Waals surface area contributed by atoms with Crippen molar-refractivity contribution in [3.8, 4) is 0 Å². The van der Waals surface area contributed by atoms with Gasteiger partial charge in [0.2, 0.25) is 0 Å². The Morgan fingerprint density at radius 1 is 1.53 bits per heavy atom. The molecule has 0 saturated carbocycles. The molecule has 0 heterocycles. The van der Waals surface area contributed by atoms with Gasteiger partial charge in [0.25, 0.3) is 0 Å². The number of nitro benzene ring substituents is 1. The van der Waals surface area contributed by atoms with Crippen molar-refractivity contribution in [2.45, 2.75) is 0 Å². The molecule has 0 radical (unpaired) electrons. The Kier molecular flexibility index (Phi) is 4.09. The molecule has 1 aromatic rings. The maximum absolute atomic E-state index is 10.8. The number of nitro groups is 1. The molecule has 0 unspecified atom stereocenters. The smallest absolute Gasteiger partial charge is 0.404 e. The second kappa shape index (κ2) is 5.54. The Labute approximate surface area is 96.7 Å². The maximum Gasteiger partial charge on any atom is 0.404 e. The molecular formula is C9H12N4O4. The molecular weight excluding hydrogens is 228 g/mol. The number of rotatable bonds is 5. The standard InChI is InChI=1S/C9H12N4O4/c10-6-2-1-3-7(8(6)13(15)16)12-4-5-17-9(11)14/h1-3,12H,4-5,10H2,(H2,11,14). The van der Waals surface area contributed by atoms with E-state index in [0.29, 0.717) is 0 Å². The predicted octanol–water partition coefficient (Wildman–Crippen LogP) is 0.684. The number of nitrogens with two attached hydrogens (primary N) is 2. The first kappa shape index (κ1) is 12.6. The minimum atomic E-state index is -0.895. The zero-order valence-corrected chi connectivity index (χ0v) is 8.88. The van der Waals surface area contributed by atoms with Gasteiger partial charge in [-0.15, -0.1) is 0 Å². The third kappa shape index (κ3) is 3.52. The number of amides is 1. The Balaban J connectivity index is 2.67. The van der Waals surface area contributed by atoms with Gasteiger partial charge in [0.1, 0.15) is 18.0 Å². The number of nitrogens with zero attached hydrogens (tertiary/aromatic N) is 1. The lowest BCUT2D eigenvalue weighted by molar-refractivity contribution is -0.383. The lowest BCUT2D eigenvalue weighted by Crippen LogP contribution is -2.18. The van der Waals surface area contributed by atoms with Gasteiger partial charge < -0.3 is 21.5 Å². The van der Waals surface area contributed by atoms with Gasteiger partial charge in [-0.3, -0.25) is 10.1 Å². The summed E-state index contributed by atoms with van der Waals surface area (Å²) in [5, 5.41) is 13.5. The number of benzene rings is 1. The van der Waals surface area contributed by atoms with Crippen molar-refractivity contribution in [3.63, 3.8) is 0 Å². The van der Waals surface area contributed by atoms with E-state index in [0.717, 1.165) is 0 Å². The average Bonchev–Trinajstić information content (AvgIpc) is 2.23.